The van der Waals surface area contributed by atoms with E-state index in [4.69, 9.17) is 0 Å². The molecule has 1 rings (SSSR count). The average Bonchev–Trinajstić information content (AvgIpc) is 2.19. The number of Topliss-reactive ketones (excluding diaryl/α,β-unsaturated/α-hetero) is 1. The molecule has 1 aromatic rings. The van der Waals surface area contributed by atoms with Gasteiger partial charge >= 0.3 is 0 Å². The molecule has 4 heteroatoms. The summed E-state index contributed by atoms with van der Waals surface area (Å²) in [6, 6.07) is 6.17. The van der Waals surface area contributed by atoms with E-state index in [1.165, 1.54) is 9.13 Å². The van der Waals surface area contributed by atoms with Gasteiger partial charge in [0.25, 0.3) is 0 Å². The lowest BCUT2D eigenvalue weighted by atomic mass is 9.96. The summed E-state index contributed by atoms with van der Waals surface area (Å²) in [7, 11) is 0. The second-order valence-corrected chi connectivity index (χ2v) is 6.48. The van der Waals surface area contributed by atoms with Crippen LogP contribution in [0.4, 0.5) is 0 Å². The topological polar surface area (TPSA) is 17.1 Å². The number of hydrogen-bond acceptors (Lipinski definition) is 1. The SMILES string of the molecule is CC(=O)C(Br)C(C)c1ccc(Br)c(I)c1. The largest absolute Gasteiger partial charge is 0.299 e. The maximum atomic E-state index is 11.3. The first-order valence-electron chi connectivity index (χ1n) is 4.53. The molecule has 2 atom stereocenters. The maximum absolute atomic E-state index is 11.3. The Kier molecular flexibility index (Phi) is 5.25. The van der Waals surface area contributed by atoms with Crippen molar-refractivity contribution >= 4 is 60.2 Å². The van der Waals surface area contributed by atoms with Gasteiger partial charge in [0.1, 0.15) is 5.78 Å². The van der Waals surface area contributed by atoms with Crippen molar-refractivity contribution in [3.8, 4) is 0 Å². The number of halogens is 3. The molecule has 2 unspecified atom stereocenters. The third-order valence-electron chi connectivity index (χ3n) is 2.30. The van der Waals surface area contributed by atoms with Gasteiger partial charge in [-0.1, -0.05) is 28.9 Å². The Balaban J connectivity index is 2.96. The number of hydrogen-bond donors (Lipinski definition) is 0. The van der Waals surface area contributed by atoms with Crippen LogP contribution >= 0.6 is 54.5 Å². The molecule has 0 bridgehead atoms. The first kappa shape index (κ1) is 13.6. The monoisotopic (exact) mass is 444 g/mol. The number of carbonyl (C=O) groups excluding carboxylic acids is 1. The summed E-state index contributed by atoms with van der Waals surface area (Å²) in [6.45, 7) is 3.67. The van der Waals surface area contributed by atoms with E-state index in [1.807, 2.05) is 12.1 Å². The molecule has 0 aromatic heterocycles. The van der Waals surface area contributed by atoms with E-state index in [0.717, 1.165) is 4.47 Å². The molecule has 0 radical (unpaired) electrons. The number of ketones is 1. The van der Waals surface area contributed by atoms with Gasteiger partial charge < -0.3 is 0 Å². The highest BCUT2D eigenvalue weighted by Crippen LogP contribution is 2.29. The summed E-state index contributed by atoms with van der Waals surface area (Å²) in [4.78, 5) is 11.2. The van der Waals surface area contributed by atoms with Crippen molar-refractivity contribution in [2.75, 3.05) is 0 Å². The molecule has 1 aromatic carbocycles. The number of carbonyl (C=O) groups is 1. The van der Waals surface area contributed by atoms with Crippen LogP contribution in [0, 0.1) is 3.57 Å². The molecule has 0 amide bonds. The van der Waals surface area contributed by atoms with Crippen LogP contribution in [0.1, 0.15) is 25.3 Å². The van der Waals surface area contributed by atoms with Gasteiger partial charge in [-0.25, -0.2) is 0 Å². The minimum absolute atomic E-state index is 0.102. The predicted octanol–water partition coefficient (Wildman–Crippen LogP) is 4.51. The Morgan fingerprint density at radius 1 is 1.47 bits per heavy atom. The molecule has 82 valence electrons. The Morgan fingerprint density at radius 3 is 2.53 bits per heavy atom. The fraction of sp³-hybridized carbons (Fsp3) is 0.364. The highest BCUT2D eigenvalue weighted by atomic mass is 127. The average molecular weight is 446 g/mol. The number of alkyl halides is 1. The zero-order valence-corrected chi connectivity index (χ0v) is 13.8. The molecule has 0 aliphatic rings. The molecule has 0 spiro atoms. The third kappa shape index (κ3) is 3.53. The second kappa shape index (κ2) is 5.77. The molecule has 1 nitrogen and oxygen atoms in total. The Bertz CT molecular complexity index is 379. The summed E-state index contributed by atoms with van der Waals surface area (Å²) in [5.74, 6) is 0.365. The molecule has 0 aliphatic carbocycles. The van der Waals surface area contributed by atoms with Gasteiger partial charge in [0.15, 0.2) is 0 Å². The smallest absolute Gasteiger partial charge is 0.144 e. The lowest BCUT2D eigenvalue weighted by Gasteiger charge is -2.16. The van der Waals surface area contributed by atoms with E-state index in [2.05, 4.69) is 67.4 Å². The zero-order valence-electron chi connectivity index (χ0n) is 8.43. The number of rotatable bonds is 3. The van der Waals surface area contributed by atoms with Gasteiger partial charge in [-0.15, -0.1) is 0 Å². The van der Waals surface area contributed by atoms with Gasteiger partial charge in [0.05, 0.1) is 4.83 Å². The summed E-state index contributed by atoms with van der Waals surface area (Å²) < 4.78 is 2.26. The fourth-order valence-corrected chi connectivity index (χ4v) is 2.41. The van der Waals surface area contributed by atoms with E-state index >= 15 is 0 Å². The van der Waals surface area contributed by atoms with Crippen molar-refractivity contribution in [2.45, 2.75) is 24.6 Å². The first-order valence-corrected chi connectivity index (χ1v) is 7.31. The van der Waals surface area contributed by atoms with Crippen molar-refractivity contribution in [3.05, 3.63) is 31.8 Å². The fourth-order valence-electron chi connectivity index (χ4n) is 1.32. The summed E-state index contributed by atoms with van der Waals surface area (Å²) >= 11 is 9.16. The van der Waals surface area contributed by atoms with Crippen molar-refractivity contribution < 1.29 is 4.79 Å². The lowest BCUT2D eigenvalue weighted by molar-refractivity contribution is -0.116. The van der Waals surface area contributed by atoms with Crippen molar-refractivity contribution in [1.82, 2.24) is 0 Å². The van der Waals surface area contributed by atoms with Gasteiger partial charge in [-0.05, 0) is 63.1 Å². The molecule has 0 heterocycles. The van der Waals surface area contributed by atoms with E-state index in [-0.39, 0.29) is 16.5 Å². The Labute approximate surface area is 120 Å². The summed E-state index contributed by atoms with van der Waals surface area (Å²) in [5.41, 5.74) is 1.18. The molecule has 0 fully saturated rings. The van der Waals surface area contributed by atoms with Crippen LogP contribution < -0.4 is 0 Å². The van der Waals surface area contributed by atoms with E-state index in [9.17, 15) is 4.79 Å². The van der Waals surface area contributed by atoms with Crippen LogP contribution in [0.2, 0.25) is 0 Å². The highest BCUT2D eigenvalue weighted by molar-refractivity contribution is 14.1. The maximum Gasteiger partial charge on any atom is 0.144 e. The minimum Gasteiger partial charge on any atom is -0.299 e. The molecular weight excluding hydrogens is 435 g/mol. The molecule has 0 aliphatic heterocycles. The van der Waals surface area contributed by atoms with Crippen LogP contribution in [0.25, 0.3) is 0 Å². The molecule has 0 saturated heterocycles. The summed E-state index contributed by atoms with van der Waals surface area (Å²) in [6.07, 6.45) is 0. The van der Waals surface area contributed by atoms with Crippen molar-refractivity contribution in [2.24, 2.45) is 0 Å². The quantitative estimate of drug-likeness (QED) is 0.494. The van der Waals surface area contributed by atoms with Crippen molar-refractivity contribution in [1.29, 1.82) is 0 Å². The van der Waals surface area contributed by atoms with Crippen LogP contribution in [0.3, 0.4) is 0 Å². The third-order valence-corrected chi connectivity index (χ3v) is 6.06. The number of benzene rings is 1. The van der Waals surface area contributed by atoms with Gasteiger partial charge in [-0.2, -0.15) is 0 Å². The molecule has 0 saturated carbocycles. The molecule has 15 heavy (non-hydrogen) atoms. The second-order valence-electron chi connectivity index (χ2n) is 3.47. The van der Waals surface area contributed by atoms with Crippen LogP contribution in [-0.4, -0.2) is 10.6 Å². The normalized spacial score (nSPS) is 14.7. The minimum atomic E-state index is -0.102. The van der Waals surface area contributed by atoms with Crippen LogP contribution in [-0.2, 0) is 4.79 Å². The Hall–Kier alpha value is 0.580. The first-order chi connectivity index (χ1) is 6.93. The zero-order chi connectivity index (χ0) is 11.6. The summed E-state index contributed by atoms with van der Waals surface area (Å²) in [5, 5.41) is 0. The van der Waals surface area contributed by atoms with Gasteiger partial charge in [0.2, 0.25) is 0 Å². The molecule has 0 N–H and O–H groups in total. The highest BCUT2D eigenvalue weighted by Gasteiger charge is 2.20. The Morgan fingerprint density at radius 2 is 2.07 bits per heavy atom. The van der Waals surface area contributed by atoms with Gasteiger partial charge in [0, 0.05) is 14.0 Å². The van der Waals surface area contributed by atoms with Gasteiger partial charge in [-0.3, -0.25) is 4.79 Å². The van der Waals surface area contributed by atoms with Crippen molar-refractivity contribution in [3.63, 3.8) is 0 Å². The van der Waals surface area contributed by atoms with E-state index < -0.39 is 0 Å². The lowest BCUT2D eigenvalue weighted by Crippen LogP contribution is -2.17. The predicted molar refractivity (Wildman–Crippen MR) is 78.7 cm³/mol. The van der Waals surface area contributed by atoms with Crippen LogP contribution in [0.15, 0.2) is 22.7 Å². The molecular formula is C11H11Br2IO. The standard InChI is InChI=1S/C11H11Br2IO/c1-6(11(13)7(2)15)8-3-4-9(12)10(14)5-8/h3-6,11H,1-2H3. The van der Waals surface area contributed by atoms with Crippen LogP contribution in [0.5, 0.6) is 0 Å². The van der Waals surface area contributed by atoms with E-state index in [0.29, 0.717) is 0 Å². The van der Waals surface area contributed by atoms with E-state index in [1.54, 1.807) is 6.92 Å².